The number of aromatic nitrogens is 1. The highest BCUT2D eigenvalue weighted by molar-refractivity contribution is 7.12. The van der Waals surface area contributed by atoms with E-state index in [9.17, 15) is 0 Å². The van der Waals surface area contributed by atoms with Crippen LogP contribution in [0, 0.1) is 25.2 Å². The number of rotatable bonds is 2. The Hall–Kier alpha value is -1.70. The van der Waals surface area contributed by atoms with Crippen LogP contribution in [0.3, 0.4) is 0 Å². The van der Waals surface area contributed by atoms with Gasteiger partial charge in [-0.15, -0.1) is 11.3 Å². The third kappa shape index (κ3) is 2.21. The molecule has 0 fully saturated rings. The summed E-state index contributed by atoms with van der Waals surface area (Å²) in [7, 11) is 0. The van der Waals surface area contributed by atoms with Gasteiger partial charge in [0.15, 0.2) is 0 Å². The van der Waals surface area contributed by atoms with Crippen molar-refractivity contribution in [2.24, 2.45) is 5.73 Å². The number of aryl methyl sites for hydroxylation is 2. The number of benzene rings is 1. The van der Waals surface area contributed by atoms with E-state index in [-0.39, 0.29) is 0 Å². The lowest BCUT2D eigenvalue weighted by molar-refractivity contribution is 1.04. The van der Waals surface area contributed by atoms with Crippen molar-refractivity contribution in [3.63, 3.8) is 0 Å². The van der Waals surface area contributed by atoms with Gasteiger partial charge in [-0.05, 0) is 31.0 Å². The third-order valence-corrected chi connectivity index (χ3v) is 3.71. The van der Waals surface area contributed by atoms with Crippen LogP contribution in [0.25, 0.3) is 11.3 Å². The Balaban J connectivity index is 2.56. The van der Waals surface area contributed by atoms with Crippen LogP contribution in [0.4, 0.5) is 0 Å². The Morgan fingerprint density at radius 1 is 1.35 bits per heavy atom. The molecule has 17 heavy (non-hydrogen) atoms. The van der Waals surface area contributed by atoms with Gasteiger partial charge < -0.3 is 5.73 Å². The highest BCUT2D eigenvalue weighted by atomic mass is 32.1. The van der Waals surface area contributed by atoms with Crippen LogP contribution in [-0.4, -0.2) is 4.98 Å². The maximum atomic E-state index is 9.09. The first-order valence-corrected chi connectivity index (χ1v) is 6.15. The maximum Gasteiger partial charge on any atom is 0.132 e. The predicted octanol–water partition coefficient (Wildman–Crippen LogP) is 2.76. The molecular weight excluding hydrogens is 230 g/mol. The zero-order chi connectivity index (χ0) is 12.4. The van der Waals surface area contributed by atoms with Gasteiger partial charge in [-0.25, -0.2) is 4.98 Å². The SMILES string of the molecule is Cc1ccc(-c2nc(CN)sc2C#N)cc1C. The smallest absolute Gasteiger partial charge is 0.132 e. The van der Waals surface area contributed by atoms with Crippen LogP contribution in [0.1, 0.15) is 21.0 Å². The molecule has 2 aromatic rings. The van der Waals surface area contributed by atoms with E-state index in [1.165, 1.54) is 22.5 Å². The summed E-state index contributed by atoms with van der Waals surface area (Å²) < 4.78 is 0. The fourth-order valence-corrected chi connectivity index (χ4v) is 2.37. The summed E-state index contributed by atoms with van der Waals surface area (Å²) in [6.45, 7) is 4.50. The van der Waals surface area contributed by atoms with Crippen LogP contribution in [0.15, 0.2) is 18.2 Å². The molecule has 0 radical (unpaired) electrons. The van der Waals surface area contributed by atoms with Crippen LogP contribution in [0.2, 0.25) is 0 Å². The topological polar surface area (TPSA) is 62.7 Å². The number of nitrogens with zero attached hydrogens (tertiary/aromatic N) is 2. The second-order valence-electron chi connectivity index (χ2n) is 3.90. The normalized spacial score (nSPS) is 10.2. The van der Waals surface area contributed by atoms with Crippen molar-refractivity contribution in [1.29, 1.82) is 5.26 Å². The molecule has 0 bridgehead atoms. The molecular formula is C13H13N3S. The monoisotopic (exact) mass is 243 g/mol. The first-order valence-electron chi connectivity index (χ1n) is 5.33. The Morgan fingerprint density at radius 3 is 2.71 bits per heavy atom. The molecule has 0 aliphatic heterocycles. The lowest BCUT2D eigenvalue weighted by atomic mass is 10.0. The van der Waals surface area contributed by atoms with Gasteiger partial charge >= 0.3 is 0 Å². The minimum absolute atomic E-state index is 0.379. The van der Waals surface area contributed by atoms with Crippen molar-refractivity contribution in [2.75, 3.05) is 0 Å². The molecule has 3 nitrogen and oxygen atoms in total. The average molecular weight is 243 g/mol. The molecule has 0 spiro atoms. The van der Waals surface area contributed by atoms with E-state index >= 15 is 0 Å². The summed E-state index contributed by atoms with van der Waals surface area (Å²) in [6.07, 6.45) is 0. The van der Waals surface area contributed by atoms with Crippen molar-refractivity contribution in [1.82, 2.24) is 4.98 Å². The standard InChI is InChI=1S/C13H13N3S/c1-8-3-4-10(5-9(8)2)13-11(6-14)17-12(7-15)16-13/h3-5H,7,15H2,1-2H3. The summed E-state index contributed by atoms with van der Waals surface area (Å²) in [6, 6.07) is 8.29. The Kier molecular flexibility index (Phi) is 3.23. The summed E-state index contributed by atoms with van der Waals surface area (Å²) in [4.78, 5) is 5.04. The van der Waals surface area contributed by atoms with Gasteiger partial charge in [0.1, 0.15) is 16.0 Å². The van der Waals surface area contributed by atoms with Gasteiger partial charge in [-0.1, -0.05) is 12.1 Å². The number of nitrogens with two attached hydrogens (primary N) is 1. The maximum absolute atomic E-state index is 9.09. The molecule has 0 aliphatic rings. The van der Waals surface area contributed by atoms with Crippen molar-refractivity contribution in [3.8, 4) is 17.3 Å². The number of hydrogen-bond acceptors (Lipinski definition) is 4. The fraction of sp³-hybridized carbons (Fsp3) is 0.231. The Bertz CT molecular complexity index is 593. The van der Waals surface area contributed by atoms with E-state index in [4.69, 9.17) is 11.0 Å². The summed E-state index contributed by atoms with van der Waals surface area (Å²) in [5.41, 5.74) is 9.74. The van der Waals surface area contributed by atoms with Crippen LogP contribution in [0.5, 0.6) is 0 Å². The molecule has 2 rings (SSSR count). The molecule has 0 saturated carbocycles. The minimum atomic E-state index is 0.379. The lowest BCUT2D eigenvalue weighted by Crippen LogP contribution is -1.94. The van der Waals surface area contributed by atoms with Crippen LogP contribution >= 0.6 is 11.3 Å². The number of hydrogen-bond donors (Lipinski definition) is 1. The fourth-order valence-electron chi connectivity index (χ4n) is 1.61. The highest BCUT2D eigenvalue weighted by Gasteiger charge is 2.12. The van der Waals surface area contributed by atoms with Gasteiger partial charge in [0.2, 0.25) is 0 Å². The van der Waals surface area contributed by atoms with Crippen molar-refractivity contribution < 1.29 is 0 Å². The highest BCUT2D eigenvalue weighted by Crippen LogP contribution is 2.28. The molecule has 0 saturated heterocycles. The van der Waals surface area contributed by atoms with Gasteiger partial charge in [0.05, 0.1) is 5.69 Å². The first-order chi connectivity index (χ1) is 8.15. The van der Waals surface area contributed by atoms with Crippen molar-refractivity contribution >= 4 is 11.3 Å². The second kappa shape index (κ2) is 4.66. The molecule has 4 heteroatoms. The Morgan fingerprint density at radius 2 is 2.12 bits per heavy atom. The molecule has 0 amide bonds. The molecule has 0 unspecified atom stereocenters. The van der Waals surface area contributed by atoms with E-state index < -0.39 is 0 Å². The zero-order valence-corrected chi connectivity index (χ0v) is 10.6. The quantitative estimate of drug-likeness (QED) is 0.882. The van der Waals surface area contributed by atoms with E-state index in [1.54, 1.807) is 0 Å². The molecule has 86 valence electrons. The molecule has 0 aliphatic carbocycles. The lowest BCUT2D eigenvalue weighted by Gasteiger charge is -2.02. The second-order valence-corrected chi connectivity index (χ2v) is 4.98. The average Bonchev–Trinajstić information content (AvgIpc) is 2.76. The first kappa shape index (κ1) is 11.8. The van der Waals surface area contributed by atoms with E-state index in [2.05, 4.69) is 31.0 Å². The van der Waals surface area contributed by atoms with E-state index in [0.717, 1.165) is 16.3 Å². The zero-order valence-electron chi connectivity index (χ0n) is 9.82. The Labute approximate surface area is 105 Å². The van der Waals surface area contributed by atoms with Crippen LogP contribution < -0.4 is 5.73 Å². The molecule has 1 aromatic heterocycles. The summed E-state index contributed by atoms with van der Waals surface area (Å²) in [5, 5.41) is 9.89. The predicted molar refractivity (Wildman–Crippen MR) is 69.6 cm³/mol. The van der Waals surface area contributed by atoms with E-state index in [0.29, 0.717) is 11.4 Å². The van der Waals surface area contributed by atoms with Crippen molar-refractivity contribution in [3.05, 3.63) is 39.2 Å². The largest absolute Gasteiger partial charge is 0.325 e. The van der Waals surface area contributed by atoms with Gasteiger partial charge in [-0.2, -0.15) is 5.26 Å². The van der Waals surface area contributed by atoms with Crippen molar-refractivity contribution in [2.45, 2.75) is 20.4 Å². The molecule has 1 aromatic carbocycles. The third-order valence-electron chi connectivity index (χ3n) is 2.73. The summed E-state index contributed by atoms with van der Waals surface area (Å²) >= 11 is 1.37. The summed E-state index contributed by atoms with van der Waals surface area (Å²) in [5.74, 6) is 0. The molecule has 0 atom stereocenters. The van der Waals surface area contributed by atoms with Gasteiger partial charge in [0.25, 0.3) is 0 Å². The molecule has 1 heterocycles. The van der Waals surface area contributed by atoms with Gasteiger partial charge in [-0.3, -0.25) is 0 Å². The number of thiazole rings is 1. The minimum Gasteiger partial charge on any atom is -0.325 e. The van der Waals surface area contributed by atoms with Gasteiger partial charge in [0, 0.05) is 12.1 Å². The van der Waals surface area contributed by atoms with Crippen LogP contribution in [-0.2, 0) is 6.54 Å². The molecule has 2 N–H and O–H groups in total. The van der Waals surface area contributed by atoms with E-state index in [1.807, 2.05) is 12.1 Å². The number of nitriles is 1.